The molecule has 0 spiro atoms. The fourth-order valence-electron chi connectivity index (χ4n) is 1.15. The Kier molecular flexibility index (Phi) is 4.39. The fraction of sp³-hybridized carbons (Fsp3) is 0.182. The third-order valence-corrected chi connectivity index (χ3v) is 2.73. The van der Waals surface area contributed by atoms with Crippen molar-refractivity contribution in [3.8, 4) is 0 Å². The summed E-state index contributed by atoms with van der Waals surface area (Å²) in [6, 6.07) is 7.50. The Labute approximate surface area is 99.2 Å². The van der Waals surface area contributed by atoms with Crippen LogP contribution in [0, 0.1) is 6.92 Å². The molecule has 4 nitrogen and oxygen atoms in total. The number of hydrogen-bond donors (Lipinski definition) is 3. The van der Waals surface area contributed by atoms with E-state index in [9.17, 15) is 4.79 Å². The molecule has 0 atom stereocenters. The van der Waals surface area contributed by atoms with Gasteiger partial charge < -0.3 is 11.1 Å². The maximum absolute atomic E-state index is 11.7. The minimum absolute atomic E-state index is 0.281. The van der Waals surface area contributed by atoms with E-state index in [1.54, 1.807) is 6.92 Å². The summed E-state index contributed by atoms with van der Waals surface area (Å²) in [5.74, 6) is -0.281. The van der Waals surface area contributed by atoms with Crippen molar-refractivity contribution >= 4 is 23.5 Å². The molecule has 5 heteroatoms. The first-order valence-electron chi connectivity index (χ1n) is 4.75. The lowest BCUT2D eigenvalue weighted by Gasteiger charge is -2.08. The van der Waals surface area contributed by atoms with Gasteiger partial charge >= 0.3 is 0 Å². The second kappa shape index (κ2) is 5.58. The summed E-state index contributed by atoms with van der Waals surface area (Å²) in [6.07, 6.45) is 0. The summed E-state index contributed by atoms with van der Waals surface area (Å²) < 4.78 is 0. The van der Waals surface area contributed by atoms with Crippen molar-refractivity contribution in [1.82, 2.24) is 0 Å². The van der Waals surface area contributed by atoms with Gasteiger partial charge in [-0.05, 0) is 37.9 Å². The van der Waals surface area contributed by atoms with Crippen molar-refractivity contribution in [2.75, 3.05) is 5.32 Å². The summed E-state index contributed by atoms with van der Waals surface area (Å²) >= 11 is 0.851. The molecule has 0 saturated carbocycles. The zero-order valence-electron chi connectivity index (χ0n) is 9.28. The Morgan fingerprint density at radius 2 is 1.88 bits per heavy atom. The van der Waals surface area contributed by atoms with Gasteiger partial charge in [0.15, 0.2) is 0 Å². The quantitative estimate of drug-likeness (QED) is 0.552. The smallest absolute Gasteiger partial charge is 0.265 e. The lowest BCUT2D eigenvalue weighted by atomic mass is 10.2. The molecule has 0 aliphatic rings. The van der Waals surface area contributed by atoms with Gasteiger partial charge in [-0.25, -0.2) is 0 Å². The van der Waals surface area contributed by atoms with Crippen molar-refractivity contribution in [3.05, 3.63) is 40.4 Å². The van der Waals surface area contributed by atoms with E-state index in [1.807, 2.05) is 31.2 Å². The molecule has 0 bridgehead atoms. The Bertz CT molecular complexity index is 408. The first-order valence-corrected chi connectivity index (χ1v) is 5.63. The van der Waals surface area contributed by atoms with Crippen LogP contribution in [0.4, 0.5) is 5.69 Å². The molecule has 0 heterocycles. The molecule has 16 heavy (non-hydrogen) atoms. The molecule has 0 aliphatic heterocycles. The summed E-state index contributed by atoms with van der Waals surface area (Å²) in [6.45, 7) is 3.63. The van der Waals surface area contributed by atoms with Crippen molar-refractivity contribution < 1.29 is 4.79 Å². The lowest BCUT2D eigenvalue weighted by molar-refractivity contribution is -0.112. The van der Waals surface area contributed by atoms with Gasteiger partial charge in [-0.1, -0.05) is 17.7 Å². The van der Waals surface area contributed by atoms with E-state index in [2.05, 4.69) is 5.32 Å². The first kappa shape index (κ1) is 12.6. The number of nitrogens with one attached hydrogen (secondary N) is 1. The molecule has 1 amide bonds. The van der Waals surface area contributed by atoms with E-state index >= 15 is 0 Å². The lowest BCUT2D eigenvalue weighted by Crippen LogP contribution is -2.17. The minimum atomic E-state index is -0.281. The molecule has 86 valence electrons. The number of carbonyl (C=O) groups is 1. The van der Waals surface area contributed by atoms with Crippen LogP contribution in [0.3, 0.4) is 0 Å². The van der Waals surface area contributed by atoms with E-state index in [0.717, 1.165) is 23.2 Å². The normalized spacial score (nSPS) is 11.9. The topological polar surface area (TPSA) is 81.1 Å². The van der Waals surface area contributed by atoms with Crippen LogP contribution in [0.15, 0.2) is 34.9 Å². The van der Waals surface area contributed by atoms with Crippen LogP contribution in [0.1, 0.15) is 12.5 Å². The summed E-state index contributed by atoms with van der Waals surface area (Å²) in [5, 5.41) is 8.09. The Morgan fingerprint density at radius 1 is 1.31 bits per heavy atom. The van der Waals surface area contributed by atoms with Gasteiger partial charge in [0.2, 0.25) is 0 Å². The van der Waals surface area contributed by atoms with Gasteiger partial charge in [-0.3, -0.25) is 9.93 Å². The summed E-state index contributed by atoms with van der Waals surface area (Å²) in [5.41, 5.74) is 7.82. The predicted octanol–water partition coefficient (Wildman–Crippen LogP) is 1.73. The highest BCUT2D eigenvalue weighted by atomic mass is 32.2. The molecule has 0 aromatic heterocycles. The van der Waals surface area contributed by atoms with Crippen LogP contribution in [0.5, 0.6) is 0 Å². The van der Waals surface area contributed by atoms with Crippen LogP contribution < -0.4 is 16.2 Å². The summed E-state index contributed by atoms with van der Waals surface area (Å²) in [4.78, 5) is 12.1. The Hall–Kier alpha value is -1.46. The maximum Gasteiger partial charge on any atom is 0.265 e. The highest BCUT2D eigenvalue weighted by molar-refractivity contribution is 8.01. The maximum atomic E-state index is 11.7. The zero-order chi connectivity index (χ0) is 12.1. The van der Waals surface area contributed by atoms with E-state index in [0.29, 0.717) is 10.6 Å². The first-order chi connectivity index (χ1) is 7.54. The van der Waals surface area contributed by atoms with Gasteiger partial charge in [0, 0.05) is 11.4 Å². The van der Waals surface area contributed by atoms with Crippen molar-refractivity contribution in [1.29, 1.82) is 0 Å². The van der Waals surface area contributed by atoms with Crippen LogP contribution in [0.2, 0.25) is 0 Å². The number of carbonyl (C=O) groups excluding carboxylic acids is 1. The van der Waals surface area contributed by atoms with E-state index in [1.165, 1.54) is 0 Å². The van der Waals surface area contributed by atoms with Gasteiger partial charge in [0.25, 0.3) is 5.91 Å². The minimum Gasteiger partial charge on any atom is -0.401 e. The predicted molar refractivity (Wildman–Crippen MR) is 68.5 cm³/mol. The third kappa shape index (κ3) is 3.29. The fourth-order valence-corrected chi connectivity index (χ4v) is 1.49. The number of nitrogens with two attached hydrogens (primary N) is 2. The molecule has 0 saturated heterocycles. The van der Waals surface area contributed by atoms with Gasteiger partial charge in [-0.2, -0.15) is 0 Å². The second-order valence-corrected chi connectivity index (χ2v) is 4.09. The average molecular weight is 237 g/mol. The SMILES string of the molecule is C/C(N)=C(/SN)C(=O)Nc1ccc(C)cc1. The molecule has 0 radical (unpaired) electrons. The largest absolute Gasteiger partial charge is 0.401 e. The zero-order valence-corrected chi connectivity index (χ0v) is 10.1. The van der Waals surface area contributed by atoms with E-state index in [-0.39, 0.29) is 5.91 Å². The number of rotatable bonds is 3. The Balaban J connectivity index is 2.79. The average Bonchev–Trinajstić information content (AvgIpc) is 2.22. The molecular formula is C11H15N3OS. The molecule has 5 N–H and O–H groups in total. The van der Waals surface area contributed by atoms with Crippen LogP contribution in [0.25, 0.3) is 0 Å². The number of amides is 1. The third-order valence-electron chi connectivity index (χ3n) is 1.99. The van der Waals surface area contributed by atoms with Crippen LogP contribution in [-0.4, -0.2) is 5.91 Å². The molecular weight excluding hydrogens is 222 g/mol. The van der Waals surface area contributed by atoms with E-state index < -0.39 is 0 Å². The molecule has 1 aromatic rings. The van der Waals surface area contributed by atoms with Crippen molar-refractivity contribution in [3.63, 3.8) is 0 Å². The van der Waals surface area contributed by atoms with Gasteiger partial charge in [0.05, 0.1) is 0 Å². The monoisotopic (exact) mass is 237 g/mol. The summed E-state index contributed by atoms with van der Waals surface area (Å²) in [7, 11) is 0. The van der Waals surface area contributed by atoms with Crippen molar-refractivity contribution in [2.45, 2.75) is 13.8 Å². The molecule has 0 unspecified atom stereocenters. The van der Waals surface area contributed by atoms with E-state index in [4.69, 9.17) is 10.9 Å². The van der Waals surface area contributed by atoms with Crippen LogP contribution >= 0.6 is 11.9 Å². The molecule has 1 aromatic carbocycles. The Morgan fingerprint density at radius 3 is 2.31 bits per heavy atom. The van der Waals surface area contributed by atoms with Gasteiger partial charge in [-0.15, -0.1) is 0 Å². The molecule has 1 rings (SSSR count). The van der Waals surface area contributed by atoms with Crippen molar-refractivity contribution in [2.24, 2.45) is 10.9 Å². The number of hydrogen-bond acceptors (Lipinski definition) is 4. The molecule has 0 fully saturated rings. The second-order valence-electron chi connectivity index (χ2n) is 3.45. The number of allylic oxidation sites excluding steroid dienone is 1. The number of anilines is 1. The highest BCUT2D eigenvalue weighted by Crippen LogP contribution is 2.15. The van der Waals surface area contributed by atoms with Crippen LogP contribution in [-0.2, 0) is 4.79 Å². The highest BCUT2D eigenvalue weighted by Gasteiger charge is 2.11. The van der Waals surface area contributed by atoms with Gasteiger partial charge in [0.1, 0.15) is 4.91 Å². The molecule has 0 aliphatic carbocycles. The number of benzene rings is 1. The standard InChI is InChI=1S/C11H15N3OS/c1-7-3-5-9(6-4-7)14-11(15)10(16-13)8(2)12/h3-6H,12-13H2,1-2H3,(H,14,15)/b10-8-. The number of aryl methyl sites for hydroxylation is 1.